The molecule has 1 amide bonds. The maximum Gasteiger partial charge on any atom is 0.252 e. The quantitative estimate of drug-likeness (QED) is 0.737. The average Bonchev–Trinajstić information content (AvgIpc) is 2.66. The molecule has 6 nitrogen and oxygen atoms in total. The molecule has 0 bridgehead atoms. The van der Waals surface area contributed by atoms with Gasteiger partial charge in [0.15, 0.2) is 0 Å². The summed E-state index contributed by atoms with van der Waals surface area (Å²) in [6, 6.07) is 7.45. The van der Waals surface area contributed by atoms with Gasteiger partial charge in [-0.25, -0.2) is 0 Å². The van der Waals surface area contributed by atoms with Crippen molar-refractivity contribution < 1.29 is 14.3 Å². The van der Waals surface area contributed by atoms with Gasteiger partial charge in [-0.2, -0.15) is 0 Å². The topological polar surface area (TPSA) is 72.5 Å². The predicted molar refractivity (Wildman–Crippen MR) is 116 cm³/mol. The summed E-state index contributed by atoms with van der Waals surface area (Å²) in [6.45, 7) is 5.06. The standard InChI is InChI=1S/C20H27N3O3.2ClH/c1-14-10-17(16-11-15(26-3)4-5-18(16)23-14)19(24)22-12-20(13-25-2)6-8-21-9-7-20;;/h4-5,10-11,21H,6-9,12-13H2,1-3H3,(H,22,24);2*1H. The van der Waals surface area contributed by atoms with Gasteiger partial charge in [0.25, 0.3) is 5.91 Å². The van der Waals surface area contributed by atoms with Gasteiger partial charge in [-0.05, 0) is 57.1 Å². The highest BCUT2D eigenvalue weighted by Gasteiger charge is 2.32. The highest BCUT2D eigenvalue weighted by Crippen LogP contribution is 2.29. The molecule has 3 rings (SSSR count). The van der Waals surface area contributed by atoms with E-state index >= 15 is 0 Å². The molecule has 1 aliphatic rings. The fourth-order valence-corrected chi connectivity index (χ4v) is 3.65. The summed E-state index contributed by atoms with van der Waals surface area (Å²) in [5.41, 5.74) is 2.24. The molecular formula is C20H29Cl2N3O3. The lowest BCUT2D eigenvalue weighted by atomic mass is 9.79. The molecule has 0 unspecified atom stereocenters. The van der Waals surface area contributed by atoms with Crippen molar-refractivity contribution in [3.05, 3.63) is 35.5 Å². The molecule has 156 valence electrons. The number of aryl methyl sites for hydroxylation is 1. The second-order valence-corrected chi connectivity index (χ2v) is 7.06. The number of hydrogen-bond acceptors (Lipinski definition) is 5. The lowest BCUT2D eigenvalue weighted by Crippen LogP contribution is -2.47. The van der Waals surface area contributed by atoms with E-state index in [1.165, 1.54) is 0 Å². The van der Waals surface area contributed by atoms with Crippen molar-refractivity contribution in [2.75, 3.05) is 40.5 Å². The highest BCUT2D eigenvalue weighted by atomic mass is 35.5. The number of pyridine rings is 1. The van der Waals surface area contributed by atoms with Crippen LogP contribution in [0.15, 0.2) is 24.3 Å². The molecule has 2 N–H and O–H groups in total. The first-order valence-corrected chi connectivity index (χ1v) is 9.00. The Morgan fingerprint density at radius 1 is 1.21 bits per heavy atom. The lowest BCUT2D eigenvalue weighted by molar-refractivity contribution is 0.0512. The first-order chi connectivity index (χ1) is 12.6. The predicted octanol–water partition coefficient (Wildman–Crippen LogP) is 3.14. The third-order valence-electron chi connectivity index (χ3n) is 5.13. The second kappa shape index (κ2) is 10.8. The van der Waals surface area contributed by atoms with Crippen molar-refractivity contribution >= 4 is 41.6 Å². The summed E-state index contributed by atoms with van der Waals surface area (Å²) in [5.74, 6) is 0.633. The summed E-state index contributed by atoms with van der Waals surface area (Å²) in [5, 5.41) is 7.31. The number of nitrogens with zero attached hydrogens (tertiary/aromatic N) is 1. The van der Waals surface area contributed by atoms with Gasteiger partial charge in [0.2, 0.25) is 0 Å². The van der Waals surface area contributed by atoms with Crippen molar-refractivity contribution in [3.63, 3.8) is 0 Å². The number of fused-ring (bicyclic) bond motifs is 1. The number of carbonyl (C=O) groups is 1. The van der Waals surface area contributed by atoms with Gasteiger partial charge in [-0.15, -0.1) is 24.8 Å². The summed E-state index contributed by atoms with van der Waals surface area (Å²) in [4.78, 5) is 17.5. The van der Waals surface area contributed by atoms with Gasteiger partial charge in [0.1, 0.15) is 5.75 Å². The van der Waals surface area contributed by atoms with Crippen LogP contribution < -0.4 is 15.4 Å². The first-order valence-electron chi connectivity index (χ1n) is 9.00. The first kappa shape index (κ1) is 24.4. The van der Waals surface area contributed by atoms with E-state index < -0.39 is 0 Å². The Bertz CT molecular complexity index is 790. The number of methoxy groups -OCH3 is 2. The number of halogens is 2. The molecule has 2 heterocycles. The van der Waals surface area contributed by atoms with Crippen LogP contribution in [0.5, 0.6) is 5.75 Å². The molecule has 28 heavy (non-hydrogen) atoms. The van der Waals surface area contributed by atoms with Gasteiger partial charge < -0.3 is 20.1 Å². The van der Waals surface area contributed by atoms with Crippen LogP contribution in [-0.4, -0.2) is 51.4 Å². The molecule has 1 saturated heterocycles. The number of piperidine rings is 1. The number of carbonyl (C=O) groups excluding carboxylic acids is 1. The van der Waals surface area contributed by atoms with Crippen molar-refractivity contribution in [1.82, 2.24) is 15.6 Å². The number of ether oxygens (including phenoxy) is 2. The summed E-state index contributed by atoms with van der Waals surface area (Å²) < 4.78 is 10.7. The summed E-state index contributed by atoms with van der Waals surface area (Å²) in [6.07, 6.45) is 1.98. The van der Waals surface area contributed by atoms with Crippen LogP contribution in [0.2, 0.25) is 0 Å². The fourth-order valence-electron chi connectivity index (χ4n) is 3.65. The zero-order valence-electron chi connectivity index (χ0n) is 16.5. The molecule has 0 atom stereocenters. The van der Waals surface area contributed by atoms with E-state index in [2.05, 4.69) is 15.6 Å². The molecule has 1 aromatic heterocycles. The van der Waals surface area contributed by atoms with Crippen LogP contribution in [0.3, 0.4) is 0 Å². The molecule has 0 saturated carbocycles. The zero-order chi connectivity index (χ0) is 18.6. The number of amides is 1. The molecule has 1 fully saturated rings. The van der Waals surface area contributed by atoms with E-state index in [-0.39, 0.29) is 36.1 Å². The zero-order valence-corrected chi connectivity index (χ0v) is 18.2. The van der Waals surface area contributed by atoms with E-state index in [4.69, 9.17) is 9.47 Å². The Kier molecular flexibility index (Phi) is 9.44. The van der Waals surface area contributed by atoms with E-state index in [1.807, 2.05) is 31.2 Å². The number of rotatable bonds is 6. The molecule has 1 aromatic carbocycles. The number of hydrogen-bond donors (Lipinski definition) is 2. The minimum atomic E-state index is -0.0808. The lowest BCUT2D eigenvalue weighted by Gasteiger charge is -2.37. The minimum absolute atomic E-state index is 0. The Hall–Kier alpha value is -1.60. The third kappa shape index (κ3) is 5.47. The van der Waals surface area contributed by atoms with Crippen LogP contribution in [0.25, 0.3) is 10.9 Å². The van der Waals surface area contributed by atoms with Gasteiger partial charge in [-0.1, -0.05) is 0 Å². The molecule has 0 spiro atoms. The van der Waals surface area contributed by atoms with Gasteiger partial charge in [0.05, 0.1) is 24.8 Å². The molecule has 1 aliphatic heterocycles. The average molecular weight is 430 g/mol. The normalized spacial score (nSPS) is 15.2. The molecule has 0 aliphatic carbocycles. The highest BCUT2D eigenvalue weighted by molar-refractivity contribution is 6.06. The maximum absolute atomic E-state index is 13.0. The summed E-state index contributed by atoms with van der Waals surface area (Å²) >= 11 is 0. The van der Waals surface area contributed by atoms with Crippen LogP contribution in [0.1, 0.15) is 28.9 Å². The largest absolute Gasteiger partial charge is 0.497 e. The van der Waals surface area contributed by atoms with Crippen LogP contribution in [0.4, 0.5) is 0 Å². The van der Waals surface area contributed by atoms with E-state index in [9.17, 15) is 4.79 Å². The Labute approximate surface area is 178 Å². The molecular weight excluding hydrogens is 401 g/mol. The van der Waals surface area contributed by atoms with Crippen LogP contribution >= 0.6 is 24.8 Å². The van der Waals surface area contributed by atoms with Gasteiger partial charge in [-0.3, -0.25) is 9.78 Å². The Balaban J connectivity index is 0.00000196. The van der Waals surface area contributed by atoms with E-state index in [0.717, 1.165) is 42.5 Å². The summed E-state index contributed by atoms with van der Waals surface area (Å²) in [7, 11) is 3.34. The van der Waals surface area contributed by atoms with E-state index in [1.54, 1.807) is 14.2 Å². The van der Waals surface area contributed by atoms with Crippen molar-refractivity contribution in [1.29, 1.82) is 0 Å². The number of nitrogens with one attached hydrogen (secondary N) is 2. The van der Waals surface area contributed by atoms with Crippen molar-refractivity contribution in [3.8, 4) is 5.75 Å². The Morgan fingerprint density at radius 3 is 2.57 bits per heavy atom. The monoisotopic (exact) mass is 429 g/mol. The molecule has 0 radical (unpaired) electrons. The number of benzene rings is 1. The molecule has 8 heteroatoms. The maximum atomic E-state index is 13.0. The van der Waals surface area contributed by atoms with Gasteiger partial charge >= 0.3 is 0 Å². The van der Waals surface area contributed by atoms with Gasteiger partial charge in [0, 0.05) is 30.1 Å². The van der Waals surface area contributed by atoms with Crippen LogP contribution in [-0.2, 0) is 4.74 Å². The number of aromatic nitrogens is 1. The fraction of sp³-hybridized carbons (Fsp3) is 0.500. The third-order valence-corrected chi connectivity index (χ3v) is 5.13. The Morgan fingerprint density at radius 2 is 1.93 bits per heavy atom. The van der Waals surface area contributed by atoms with Crippen LogP contribution in [0, 0.1) is 12.3 Å². The van der Waals surface area contributed by atoms with Crippen molar-refractivity contribution in [2.24, 2.45) is 5.41 Å². The SMILES string of the molecule is COCC1(CNC(=O)c2cc(C)nc3ccc(OC)cc23)CCNCC1.Cl.Cl. The second-order valence-electron chi connectivity index (χ2n) is 7.06. The minimum Gasteiger partial charge on any atom is -0.497 e. The van der Waals surface area contributed by atoms with E-state index in [0.29, 0.717) is 24.5 Å². The molecule has 2 aromatic rings. The van der Waals surface area contributed by atoms with Crippen molar-refractivity contribution in [2.45, 2.75) is 19.8 Å². The smallest absolute Gasteiger partial charge is 0.252 e.